The highest BCUT2D eigenvalue weighted by atomic mass is 32.2. The summed E-state index contributed by atoms with van der Waals surface area (Å²) in [6.45, 7) is 2.09. The van der Waals surface area contributed by atoms with Crippen LogP contribution >= 0.6 is 0 Å². The van der Waals surface area contributed by atoms with Crippen molar-refractivity contribution in [1.82, 2.24) is 9.21 Å². The van der Waals surface area contributed by atoms with Crippen LogP contribution in [-0.4, -0.2) is 67.4 Å². The number of Topliss-reactive ketones (excluding diaryl/α,β-unsaturated/α-hetero) is 1. The summed E-state index contributed by atoms with van der Waals surface area (Å²) in [6.07, 6.45) is -0.00659. The number of anilines is 1. The van der Waals surface area contributed by atoms with Gasteiger partial charge in [0.1, 0.15) is 10.7 Å². The fraction of sp³-hybridized carbons (Fsp3) is 0.318. The van der Waals surface area contributed by atoms with Gasteiger partial charge in [-0.1, -0.05) is 12.1 Å². The van der Waals surface area contributed by atoms with E-state index in [1.165, 1.54) is 29.4 Å². The normalized spacial score (nSPS) is 20.7. The number of halogens is 1. The van der Waals surface area contributed by atoms with Crippen molar-refractivity contribution in [3.8, 4) is 0 Å². The molecule has 2 aliphatic rings. The molecule has 168 valence electrons. The van der Waals surface area contributed by atoms with E-state index in [1.54, 1.807) is 29.2 Å². The van der Waals surface area contributed by atoms with Gasteiger partial charge in [-0.2, -0.15) is 4.31 Å². The minimum Gasteiger partial charge on any atom is -0.295 e. The largest absolute Gasteiger partial charge is 0.295 e. The van der Waals surface area contributed by atoms with E-state index in [0.29, 0.717) is 11.3 Å². The van der Waals surface area contributed by atoms with Crippen LogP contribution in [0.25, 0.3) is 0 Å². The Balaban J connectivity index is 1.45. The Bertz CT molecular complexity index is 1170. The van der Waals surface area contributed by atoms with Crippen LogP contribution in [0, 0.1) is 5.82 Å². The molecule has 2 amide bonds. The standard InChI is InChI=1S/C22H22FN3O5S/c1-15(27)16-6-8-17(9-7-16)26-21(28)14-19(22(26)29)24-10-12-25(13-11-24)32(30,31)20-5-3-2-4-18(20)23/h2-9,19H,10-14H2,1H3/t19-/m1/s1. The van der Waals surface area contributed by atoms with Gasteiger partial charge in [-0.3, -0.25) is 19.3 Å². The van der Waals surface area contributed by atoms with E-state index >= 15 is 0 Å². The first-order chi connectivity index (χ1) is 15.2. The zero-order valence-corrected chi connectivity index (χ0v) is 18.2. The molecule has 2 aromatic rings. The van der Waals surface area contributed by atoms with Crippen molar-refractivity contribution < 1.29 is 27.2 Å². The van der Waals surface area contributed by atoms with E-state index in [0.717, 1.165) is 11.0 Å². The minimum absolute atomic E-state index is 0.00659. The average Bonchev–Trinajstić information content (AvgIpc) is 3.08. The van der Waals surface area contributed by atoms with E-state index in [9.17, 15) is 27.2 Å². The summed E-state index contributed by atoms with van der Waals surface area (Å²) < 4.78 is 40.8. The number of ketones is 1. The van der Waals surface area contributed by atoms with E-state index in [1.807, 2.05) is 0 Å². The number of carbonyl (C=O) groups excluding carboxylic acids is 3. The number of piperazine rings is 1. The predicted octanol–water partition coefficient (Wildman–Crippen LogP) is 1.67. The monoisotopic (exact) mass is 459 g/mol. The molecule has 0 aromatic heterocycles. The molecule has 0 saturated carbocycles. The highest BCUT2D eigenvalue weighted by molar-refractivity contribution is 7.89. The molecular formula is C22H22FN3O5S. The lowest BCUT2D eigenvalue weighted by Gasteiger charge is -2.36. The molecule has 4 rings (SSSR count). The van der Waals surface area contributed by atoms with Crippen LogP contribution in [0.4, 0.5) is 10.1 Å². The molecule has 2 fully saturated rings. The van der Waals surface area contributed by atoms with Crippen molar-refractivity contribution in [3.63, 3.8) is 0 Å². The first-order valence-corrected chi connectivity index (χ1v) is 11.6. The smallest absolute Gasteiger partial charge is 0.251 e. The first-order valence-electron chi connectivity index (χ1n) is 10.2. The molecule has 0 unspecified atom stereocenters. The number of hydrogen-bond donors (Lipinski definition) is 0. The number of amides is 2. The molecule has 2 aliphatic heterocycles. The molecule has 0 spiro atoms. The summed E-state index contributed by atoms with van der Waals surface area (Å²) >= 11 is 0. The van der Waals surface area contributed by atoms with Crippen molar-refractivity contribution in [1.29, 1.82) is 0 Å². The quantitative estimate of drug-likeness (QED) is 0.499. The second-order valence-corrected chi connectivity index (χ2v) is 9.67. The van der Waals surface area contributed by atoms with Crippen LogP contribution < -0.4 is 4.90 Å². The van der Waals surface area contributed by atoms with Crippen LogP contribution in [0.15, 0.2) is 53.4 Å². The molecule has 0 aliphatic carbocycles. The number of benzene rings is 2. The zero-order valence-electron chi connectivity index (χ0n) is 17.4. The van der Waals surface area contributed by atoms with E-state index in [2.05, 4.69) is 0 Å². The third-order valence-corrected chi connectivity index (χ3v) is 7.76. The van der Waals surface area contributed by atoms with Gasteiger partial charge in [0.15, 0.2) is 5.78 Å². The molecule has 32 heavy (non-hydrogen) atoms. The summed E-state index contributed by atoms with van der Waals surface area (Å²) in [5.41, 5.74) is 0.879. The van der Waals surface area contributed by atoms with Gasteiger partial charge in [-0.05, 0) is 43.3 Å². The Kier molecular flexibility index (Phi) is 5.93. The van der Waals surface area contributed by atoms with Crippen LogP contribution in [0.2, 0.25) is 0 Å². The Labute approximate surface area is 185 Å². The number of imide groups is 1. The van der Waals surface area contributed by atoms with Crippen molar-refractivity contribution in [2.45, 2.75) is 24.3 Å². The lowest BCUT2D eigenvalue weighted by molar-refractivity contribution is -0.123. The van der Waals surface area contributed by atoms with Gasteiger partial charge in [0, 0.05) is 31.7 Å². The van der Waals surface area contributed by atoms with Gasteiger partial charge >= 0.3 is 0 Å². The molecule has 10 heteroatoms. The lowest BCUT2D eigenvalue weighted by atomic mass is 10.1. The number of nitrogens with zero attached hydrogens (tertiary/aromatic N) is 3. The van der Waals surface area contributed by atoms with E-state index in [-0.39, 0.29) is 55.1 Å². The fourth-order valence-electron chi connectivity index (χ4n) is 4.07. The summed E-state index contributed by atoms with van der Waals surface area (Å²) in [4.78, 5) is 39.5. The summed E-state index contributed by atoms with van der Waals surface area (Å²) in [7, 11) is -3.99. The molecule has 0 bridgehead atoms. The summed E-state index contributed by atoms with van der Waals surface area (Å²) in [5, 5.41) is 0. The maximum Gasteiger partial charge on any atom is 0.251 e. The van der Waals surface area contributed by atoms with Crippen LogP contribution in [0.1, 0.15) is 23.7 Å². The zero-order chi connectivity index (χ0) is 23.0. The van der Waals surface area contributed by atoms with Crippen molar-refractivity contribution >= 4 is 33.3 Å². The van der Waals surface area contributed by atoms with Crippen LogP contribution in [0.3, 0.4) is 0 Å². The van der Waals surface area contributed by atoms with Gasteiger partial charge in [0.25, 0.3) is 5.91 Å². The highest BCUT2D eigenvalue weighted by Gasteiger charge is 2.44. The molecule has 1 atom stereocenters. The number of carbonyl (C=O) groups is 3. The third kappa shape index (κ3) is 3.96. The second kappa shape index (κ2) is 8.53. The van der Waals surface area contributed by atoms with Gasteiger partial charge in [-0.25, -0.2) is 17.7 Å². The molecule has 2 heterocycles. The van der Waals surface area contributed by atoms with E-state index < -0.39 is 21.9 Å². The Morgan fingerprint density at radius 2 is 1.59 bits per heavy atom. The van der Waals surface area contributed by atoms with Gasteiger partial charge in [-0.15, -0.1) is 0 Å². The van der Waals surface area contributed by atoms with Gasteiger partial charge in [0.2, 0.25) is 15.9 Å². The SMILES string of the molecule is CC(=O)c1ccc(N2C(=O)C[C@@H](N3CCN(S(=O)(=O)c4ccccc4F)CC3)C2=O)cc1. The molecule has 2 saturated heterocycles. The number of sulfonamides is 1. The fourth-order valence-corrected chi connectivity index (χ4v) is 5.55. The first kappa shape index (κ1) is 22.3. The molecule has 0 radical (unpaired) electrons. The Morgan fingerprint density at radius 1 is 0.969 bits per heavy atom. The minimum atomic E-state index is -3.99. The molecule has 8 nitrogen and oxygen atoms in total. The third-order valence-electron chi connectivity index (χ3n) is 5.82. The Hall–Kier alpha value is -2.95. The topological polar surface area (TPSA) is 95.1 Å². The van der Waals surface area contributed by atoms with E-state index in [4.69, 9.17) is 0 Å². The number of rotatable bonds is 5. The molecule has 2 aromatic carbocycles. The van der Waals surface area contributed by atoms with Crippen molar-refractivity contribution in [2.24, 2.45) is 0 Å². The average molecular weight is 459 g/mol. The maximum absolute atomic E-state index is 14.0. The second-order valence-electron chi connectivity index (χ2n) is 7.76. The van der Waals surface area contributed by atoms with Crippen LogP contribution in [-0.2, 0) is 19.6 Å². The molecular weight excluding hydrogens is 437 g/mol. The maximum atomic E-state index is 14.0. The predicted molar refractivity (Wildman–Crippen MR) is 114 cm³/mol. The lowest BCUT2D eigenvalue weighted by Crippen LogP contribution is -2.53. The summed E-state index contributed by atoms with van der Waals surface area (Å²) in [6, 6.07) is 10.8. The highest BCUT2D eigenvalue weighted by Crippen LogP contribution is 2.28. The van der Waals surface area contributed by atoms with Gasteiger partial charge in [0.05, 0.1) is 18.2 Å². The molecule has 0 N–H and O–H groups in total. The van der Waals surface area contributed by atoms with Crippen molar-refractivity contribution in [3.05, 3.63) is 59.9 Å². The number of hydrogen-bond acceptors (Lipinski definition) is 6. The van der Waals surface area contributed by atoms with Crippen LogP contribution in [0.5, 0.6) is 0 Å². The summed E-state index contributed by atoms with van der Waals surface area (Å²) in [5.74, 6) is -1.65. The van der Waals surface area contributed by atoms with Gasteiger partial charge < -0.3 is 0 Å². The van der Waals surface area contributed by atoms with Crippen molar-refractivity contribution in [2.75, 3.05) is 31.1 Å². The Morgan fingerprint density at radius 3 is 2.19 bits per heavy atom.